The zero-order valence-corrected chi connectivity index (χ0v) is 14.5. The van der Waals surface area contributed by atoms with Crippen molar-refractivity contribution in [1.29, 1.82) is 5.26 Å². The minimum atomic E-state index is -0.144. The van der Waals surface area contributed by atoms with Crippen molar-refractivity contribution in [2.45, 2.75) is 38.5 Å². The summed E-state index contributed by atoms with van der Waals surface area (Å²) < 4.78 is 3.45. The molecule has 0 aliphatic carbocycles. The van der Waals surface area contributed by atoms with Crippen molar-refractivity contribution in [2.24, 2.45) is 0 Å². The fourth-order valence-corrected chi connectivity index (χ4v) is 3.68. The molecule has 1 fully saturated rings. The Labute approximate surface area is 151 Å². The first-order valence-electron chi connectivity index (χ1n) is 8.83. The number of rotatable bonds is 5. The van der Waals surface area contributed by atoms with Crippen LogP contribution in [0.5, 0.6) is 0 Å². The van der Waals surface area contributed by atoms with Crippen molar-refractivity contribution < 1.29 is 0 Å². The summed E-state index contributed by atoms with van der Waals surface area (Å²) >= 11 is 0. The molecule has 1 atom stereocenters. The topological polar surface area (TPSA) is 79.7 Å². The summed E-state index contributed by atoms with van der Waals surface area (Å²) in [5.74, 6) is 0.655. The monoisotopic (exact) mass is 348 g/mol. The number of para-hydroxylation sites is 1. The molecule has 0 amide bonds. The molecule has 1 aliphatic rings. The number of aromatic nitrogens is 4. The highest BCUT2D eigenvalue weighted by Crippen LogP contribution is 2.21. The highest BCUT2D eigenvalue weighted by Gasteiger charge is 2.26. The molecule has 7 nitrogen and oxygen atoms in total. The third-order valence-electron chi connectivity index (χ3n) is 4.97. The Balaban J connectivity index is 1.66. The number of likely N-dealkylation sites (tertiary alicyclic amines) is 1. The van der Waals surface area contributed by atoms with E-state index in [9.17, 15) is 4.79 Å². The van der Waals surface area contributed by atoms with Crippen molar-refractivity contribution in [3.63, 3.8) is 0 Å². The second-order valence-corrected chi connectivity index (χ2v) is 6.59. The van der Waals surface area contributed by atoms with E-state index >= 15 is 0 Å². The highest BCUT2D eigenvalue weighted by atomic mass is 16.1. The molecule has 0 bridgehead atoms. The molecule has 3 heterocycles. The number of benzene rings is 1. The lowest BCUT2D eigenvalue weighted by Gasteiger charge is -2.25. The van der Waals surface area contributed by atoms with Crippen molar-refractivity contribution in [1.82, 2.24) is 24.2 Å². The molecule has 0 spiro atoms. The Bertz CT molecular complexity index is 1000. The van der Waals surface area contributed by atoms with Crippen LogP contribution in [0.2, 0.25) is 0 Å². The summed E-state index contributed by atoms with van der Waals surface area (Å²) in [5.41, 5.74) is 0.541. The highest BCUT2D eigenvalue weighted by molar-refractivity contribution is 5.77. The third kappa shape index (κ3) is 3.11. The third-order valence-corrected chi connectivity index (χ3v) is 4.97. The van der Waals surface area contributed by atoms with Crippen molar-refractivity contribution in [3.8, 4) is 6.07 Å². The molecule has 0 saturated carbocycles. The summed E-state index contributed by atoms with van der Waals surface area (Å²) in [6, 6.07) is 11.7. The molecule has 0 radical (unpaired) electrons. The first kappa shape index (κ1) is 16.5. The molecule has 1 aliphatic heterocycles. The molecular weight excluding hydrogens is 328 g/mol. The number of fused-ring (bicyclic) bond motifs is 1. The quantitative estimate of drug-likeness (QED) is 0.702. The van der Waals surface area contributed by atoms with Crippen molar-refractivity contribution in [2.75, 3.05) is 6.54 Å². The zero-order valence-electron chi connectivity index (χ0n) is 14.5. The molecular formula is C19H20N6O. The van der Waals surface area contributed by atoms with Crippen LogP contribution in [0.25, 0.3) is 10.9 Å². The Morgan fingerprint density at radius 2 is 2.15 bits per heavy atom. The van der Waals surface area contributed by atoms with Gasteiger partial charge in [0.2, 0.25) is 0 Å². The van der Waals surface area contributed by atoms with Crippen LogP contribution in [0, 0.1) is 11.3 Å². The van der Waals surface area contributed by atoms with Gasteiger partial charge in [-0.15, -0.1) is 0 Å². The summed E-state index contributed by atoms with van der Waals surface area (Å²) in [5, 5.41) is 14.0. The van der Waals surface area contributed by atoms with Crippen molar-refractivity contribution >= 4 is 10.9 Å². The van der Waals surface area contributed by atoms with Crippen molar-refractivity contribution in [3.05, 3.63) is 58.9 Å². The van der Waals surface area contributed by atoms with Crippen LogP contribution < -0.4 is 5.56 Å². The van der Waals surface area contributed by atoms with Gasteiger partial charge in [0.15, 0.2) is 0 Å². The van der Waals surface area contributed by atoms with Gasteiger partial charge in [0, 0.05) is 18.4 Å². The van der Waals surface area contributed by atoms with Crippen LogP contribution in [0.1, 0.15) is 18.7 Å². The van der Waals surface area contributed by atoms with Gasteiger partial charge in [-0.25, -0.2) is 4.98 Å². The molecule has 7 heteroatoms. The van der Waals surface area contributed by atoms with Gasteiger partial charge in [-0.1, -0.05) is 12.1 Å². The maximum atomic E-state index is 12.8. The molecule has 132 valence electrons. The first-order chi connectivity index (χ1) is 12.8. The van der Waals surface area contributed by atoms with Crippen LogP contribution in [0.3, 0.4) is 0 Å². The van der Waals surface area contributed by atoms with E-state index in [0.29, 0.717) is 29.3 Å². The SMILES string of the molecule is N#CCn1c(CN2CCC[C@@H]2Cn2cccn2)nc2ccccc2c1=O. The van der Waals surface area contributed by atoms with E-state index in [1.54, 1.807) is 12.3 Å². The van der Waals surface area contributed by atoms with E-state index in [-0.39, 0.29) is 12.1 Å². The second-order valence-electron chi connectivity index (χ2n) is 6.59. The average Bonchev–Trinajstić information content (AvgIpc) is 3.31. The summed E-state index contributed by atoms with van der Waals surface area (Å²) in [6.45, 7) is 2.36. The van der Waals surface area contributed by atoms with E-state index in [1.165, 1.54) is 4.57 Å². The molecule has 2 aromatic heterocycles. The van der Waals surface area contributed by atoms with E-state index in [4.69, 9.17) is 10.2 Å². The normalized spacial score (nSPS) is 17.6. The molecule has 3 aromatic rings. The lowest BCUT2D eigenvalue weighted by atomic mass is 10.2. The van der Waals surface area contributed by atoms with E-state index in [1.807, 2.05) is 35.1 Å². The number of nitrogens with zero attached hydrogens (tertiary/aromatic N) is 6. The Morgan fingerprint density at radius 3 is 2.96 bits per heavy atom. The van der Waals surface area contributed by atoms with Gasteiger partial charge < -0.3 is 0 Å². The lowest BCUT2D eigenvalue weighted by molar-refractivity contribution is 0.211. The fourth-order valence-electron chi connectivity index (χ4n) is 3.68. The largest absolute Gasteiger partial charge is 0.291 e. The molecule has 1 saturated heterocycles. The van der Waals surface area contributed by atoms with Gasteiger partial charge in [0.1, 0.15) is 12.4 Å². The van der Waals surface area contributed by atoms with Gasteiger partial charge in [0.25, 0.3) is 5.56 Å². The predicted molar refractivity (Wildman–Crippen MR) is 97.3 cm³/mol. The van der Waals surface area contributed by atoms with Crippen LogP contribution in [0.15, 0.2) is 47.5 Å². The first-order valence-corrected chi connectivity index (χ1v) is 8.83. The smallest absolute Gasteiger partial charge is 0.262 e. The van der Waals surface area contributed by atoms with E-state index in [0.717, 1.165) is 25.9 Å². The summed E-state index contributed by atoms with van der Waals surface area (Å²) in [7, 11) is 0. The maximum Gasteiger partial charge on any atom is 0.262 e. The summed E-state index contributed by atoms with van der Waals surface area (Å²) in [4.78, 5) is 19.8. The molecule has 1 aromatic carbocycles. The zero-order chi connectivity index (χ0) is 17.9. The molecule has 4 rings (SSSR count). The van der Waals surface area contributed by atoms with E-state index < -0.39 is 0 Å². The van der Waals surface area contributed by atoms with E-state index in [2.05, 4.69) is 16.1 Å². The van der Waals surface area contributed by atoms with Crippen LogP contribution >= 0.6 is 0 Å². The number of hydrogen-bond acceptors (Lipinski definition) is 5. The van der Waals surface area contributed by atoms with Gasteiger partial charge in [-0.2, -0.15) is 10.4 Å². The maximum absolute atomic E-state index is 12.8. The fraction of sp³-hybridized carbons (Fsp3) is 0.368. The van der Waals surface area contributed by atoms with Gasteiger partial charge in [0.05, 0.1) is 30.1 Å². The molecule has 26 heavy (non-hydrogen) atoms. The number of nitriles is 1. The lowest BCUT2D eigenvalue weighted by Crippen LogP contribution is -2.36. The standard InChI is InChI=1S/C19H20N6O/c20-8-12-25-18(22-17-7-2-1-6-16(17)19(25)26)14-23-10-3-5-15(23)13-24-11-4-9-21-24/h1-2,4,6-7,9,11,15H,3,5,10,12-14H2/t15-/m1/s1. The van der Waals surface area contributed by atoms with Gasteiger partial charge in [-0.05, 0) is 37.6 Å². The van der Waals surface area contributed by atoms with Crippen LogP contribution in [-0.2, 0) is 19.6 Å². The Morgan fingerprint density at radius 1 is 1.27 bits per heavy atom. The van der Waals surface area contributed by atoms with Gasteiger partial charge >= 0.3 is 0 Å². The molecule has 0 N–H and O–H groups in total. The minimum Gasteiger partial charge on any atom is -0.291 e. The van der Waals surface area contributed by atoms with Gasteiger partial charge in [-0.3, -0.25) is 18.9 Å². The molecule has 0 unspecified atom stereocenters. The minimum absolute atomic E-state index is 0.0175. The van der Waals surface area contributed by atoms with Crippen LogP contribution in [-0.4, -0.2) is 36.8 Å². The average molecular weight is 348 g/mol. The van der Waals surface area contributed by atoms with Crippen LogP contribution in [0.4, 0.5) is 0 Å². The predicted octanol–water partition coefficient (Wildman–Crippen LogP) is 1.78. The number of hydrogen-bond donors (Lipinski definition) is 0. The second kappa shape index (κ2) is 7.10. The Kier molecular flexibility index (Phi) is 4.50. The Hall–Kier alpha value is -2.98. The summed E-state index contributed by atoms with van der Waals surface area (Å²) in [6.07, 6.45) is 5.96.